The SMILES string of the molecule is C[C@@H]1CC2=C(Cc3ccccc32)[C@@H](c2c(F)cc(OCc3ccc(CO[Si](C)(C)C(C)(C)C)nc3)cc2F)N1CC(C)(C)F. The number of alkyl halides is 1. The lowest BCUT2D eigenvalue weighted by Crippen LogP contribution is -2.47. The van der Waals surface area contributed by atoms with Crippen LogP contribution in [0, 0.1) is 11.6 Å². The van der Waals surface area contributed by atoms with Crippen LogP contribution >= 0.6 is 0 Å². The minimum atomic E-state index is -1.89. The van der Waals surface area contributed by atoms with Crippen molar-refractivity contribution in [3.05, 3.63) is 99.9 Å². The smallest absolute Gasteiger partial charge is 0.192 e. The highest BCUT2D eigenvalue weighted by atomic mass is 28.4. The van der Waals surface area contributed by atoms with E-state index in [4.69, 9.17) is 9.16 Å². The summed E-state index contributed by atoms with van der Waals surface area (Å²) < 4.78 is 59.1. The number of benzene rings is 2. The van der Waals surface area contributed by atoms with Gasteiger partial charge in [0.25, 0.3) is 0 Å². The fraction of sp³-hybridized carbons (Fsp3) is 0.472. The van der Waals surface area contributed by atoms with Crippen LogP contribution in [0.5, 0.6) is 5.75 Å². The molecule has 0 amide bonds. The van der Waals surface area contributed by atoms with Gasteiger partial charge in [0.2, 0.25) is 0 Å². The predicted octanol–water partition coefficient (Wildman–Crippen LogP) is 9.35. The summed E-state index contributed by atoms with van der Waals surface area (Å²) in [7, 11) is -1.89. The maximum atomic E-state index is 16.0. The quantitative estimate of drug-likeness (QED) is 0.223. The van der Waals surface area contributed by atoms with Crippen LogP contribution in [0.25, 0.3) is 5.57 Å². The average Bonchev–Trinajstić information content (AvgIpc) is 3.29. The van der Waals surface area contributed by atoms with E-state index in [1.54, 1.807) is 6.20 Å². The van der Waals surface area contributed by atoms with Crippen LogP contribution < -0.4 is 4.74 Å². The van der Waals surface area contributed by atoms with Gasteiger partial charge in [0, 0.05) is 42.0 Å². The van der Waals surface area contributed by atoms with E-state index in [0.29, 0.717) is 19.4 Å². The summed E-state index contributed by atoms with van der Waals surface area (Å²) in [6.45, 7) is 16.6. The topological polar surface area (TPSA) is 34.6 Å². The van der Waals surface area contributed by atoms with E-state index in [-0.39, 0.29) is 35.5 Å². The van der Waals surface area contributed by atoms with Crippen molar-refractivity contribution in [2.45, 2.75) is 103 Å². The van der Waals surface area contributed by atoms with Crippen LogP contribution in [0.15, 0.2) is 60.3 Å². The van der Waals surface area contributed by atoms with Crippen molar-refractivity contribution >= 4 is 13.9 Å². The molecule has 0 saturated heterocycles. The molecule has 2 heterocycles. The molecule has 0 unspecified atom stereocenters. The maximum Gasteiger partial charge on any atom is 0.192 e. The molecule has 1 aliphatic heterocycles. The van der Waals surface area contributed by atoms with E-state index >= 15 is 13.2 Å². The van der Waals surface area contributed by atoms with E-state index in [9.17, 15) is 0 Å². The Bertz CT molecular complexity index is 1520. The number of nitrogens with zero attached hydrogens (tertiary/aromatic N) is 2. The van der Waals surface area contributed by atoms with Crippen LogP contribution in [-0.4, -0.2) is 36.5 Å². The van der Waals surface area contributed by atoms with Crippen molar-refractivity contribution in [2.75, 3.05) is 6.54 Å². The fourth-order valence-corrected chi connectivity index (χ4v) is 6.96. The largest absolute Gasteiger partial charge is 0.489 e. The Labute approximate surface area is 261 Å². The van der Waals surface area contributed by atoms with Gasteiger partial charge in [-0.25, -0.2) is 13.2 Å². The molecule has 1 aliphatic carbocycles. The number of halogens is 3. The molecule has 0 bridgehead atoms. The van der Waals surface area contributed by atoms with Gasteiger partial charge in [-0.1, -0.05) is 51.1 Å². The molecule has 0 fully saturated rings. The lowest BCUT2D eigenvalue weighted by molar-refractivity contribution is 0.0676. The maximum absolute atomic E-state index is 16.0. The van der Waals surface area contributed by atoms with E-state index in [0.717, 1.165) is 33.5 Å². The van der Waals surface area contributed by atoms with E-state index in [1.807, 2.05) is 36.1 Å². The predicted molar refractivity (Wildman–Crippen MR) is 173 cm³/mol. The van der Waals surface area contributed by atoms with Crippen LogP contribution in [0.1, 0.15) is 82.0 Å². The van der Waals surface area contributed by atoms with Gasteiger partial charge in [-0.15, -0.1) is 0 Å². The Kier molecular flexibility index (Phi) is 8.93. The van der Waals surface area contributed by atoms with Gasteiger partial charge in [0.1, 0.15) is 29.7 Å². The summed E-state index contributed by atoms with van der Waals surface area (Å²) in [6.07, 6.45) is 3.00. The second kappa shape index (κ2) is 12.1. The number of rotatable bonds is 9. The van der Waals surface area contributed by atoms with Gasteiger partial charge in [-0.3, -0.25) is 9.88 Å². The Hall–Kier alpha value is -2.94. The first kappa shape index (κ1) is 32.5. The Morgan fingerprint density at radius 3 is 2.27 bits per heavy atom. The third kappa shape index (κ3) is 6.82. The van der Waals surface area contributed by atoms with Crippen molar-refractivity contribution in [3.8, 4) is 5.75 Å². The zero-order valence-electron chi connectivity index (χ0n) is 27.2. The van der Waals surface area contributed by atoms with Crippen LogP contribution in [0.3, 0.4) is 0 Å². The highest BCUT2D eigenvalue weighted by molar-refractivity contribution is 6.74. The minimum Gasteiger partial charge on any atom is -0.489 e. The van der Waals surface area contributed by atoms with Crippen LogP contribution in [0.2, 0.25) is 18.1 Å². The molecule has 8 heteroatoms. The van der Waals surface area contributed by atoms with Gasteiger partial charge in [0.05, 0.1) is 18.3 Å². The number of ether oxygens (including phenoxy) is 1. The number of fused-ring (bicyclic) bond motifs is 2. The third-order valence-electron chi connectivity index (χ3n) is 9.40. The van der Waals surface area contributed by atoms with Crippen molar-refractivity contribution in [3.63, 3.8) is 0 Å². The van der Waals surface area contributed by atoms with Gasteiger partial charge >= 0.3 is 0 Å². The highest BCUT2D eigenvalue weighted by Gasteiger charge is 2.43. The summed E-state index contributed by atoms with van der Waals surface area (Å²) in [4.78, 5) is 6.43. The second-order valence-corrected chi connectivity index (χ2v) is 19.3. The summed E-state index contributed by atoms with van der Waals surface area (Å²) in [5, 5.41) is 0.111. The molecule has 0 spiro atoms. The first-order chi connectivity index (χ1) is 20.5. The lowest BCUT2D eigenvalue weighted by Gasteiger charge is -2.44. The Balaban J connectivity index is 1.35. The highest BCUT2D eigenvalue weighted by Crippen LogP contribution is 2.50. The van der Waals surface area contributed by atoms with E-state index in [2.05, 4.69) is 51.0 Å². The zero-order chi connectivity index (χ0) is 32.0. The zero-order valence-corrected chi connectivity index (χ0v) is 28.2. The standard InChI is InChI=1S/C36H45F3N2O2Si/c1-23-15-29-28-12-10-9-11-25(28)16-30(29)34(41(23)22-36(5,6)39)33-31(37)17-27(18-32(33)38)42-20-24-13-14-26(40-19-24)21-43-44(7,8)35(2,3)4/h9-14,17-19,23,34H,15-16,20-22H2,1-8H3/t23-,34+/m1/s1. The average molecular weight is 623 g/mol. The first-order valence-corrected chi connectivity index (χ1v) is 18.4. The molecule has 1 aromatic heterocycles. The molecule has 0 radical (unpaired) electrons. The second-order valence-electron chi connectivity index (χ2n) is 14.5. The monoisotopic (exact) mass is 622 g/mol. The molecular weight excluding hydrogens is 577 g/mol. The fourth-order valence-electron chi connectivity index (χ4n) is 6.01. The van der Waals surface area contributed by atoms with Crippen molar-refractivity contribution < 1.29 is 22.3 Å². The molecule has 236 valence electrons. The van der Waals surface area contributed by atoms with Gasteiger partial charge in [-0.05, 0) is 80.1 Å². The molecule has 0 N–H and O–H groups in total. The minimum absolute atomic E-state index is 0.0544. The van der Waals surface area contributed by atoms with Gasteiger partial charge in [0.15, 0.2) is 8.32 Å². The van der Waals surface area contributed by atoms with Gasteiger partial charge in [-0.2, -0.15) is 0 Å². The Morgan fingerprint density at radius 1 is 0.977 bits per heavy atom. The molecule has 4 nitrogen and oxygen atoms in total. The summed E-state index contributed by atoms with van der Waals surface area (Å²) in [6, 6.07) is 13.6. The molecule has 44 heavy (non-hydrogen) atoms. The van der Waals surface area contributed by atoms with E-state index < -0.39 is 31.7 Å². The number of aromatic nitrogens is 1. The molecule has 2 aromatic carbocycles. The van der Waals surface area contributed by atoms with Crippen molar-refractivity contribution in [2.24, 2.45) is 0 Å². The van der Waals surface area contributed by atoms with Crippen LogP contribution in [-0.2, 0) is 24.1 Å². The molecule has 2 atom stereocenters. The third-order valence-corrected chi connectivity index (χ3v) is 13.9. The molecule has 5 rings (SSSR count). The van der Waals surface area contributed by atoms with Crippen LogP contribution in [0.4, 0.5) is 13.2 Å². The number of hydrogen-bond acceptors (Lipinski definition) is 4. The normalized spacial score (nSPS) is 19.2. The molecule has 0 saturated carbocycles. The summed E-state index contributed by atoms with van der Waals surface area (Å²) >= 11 is 0. The van der Waals surface area contributed by atoms with Crippen molar-refractivity contribution in [1.82, 2.24) is 9.88 Å². The molecule has 3 aromatic rings. The summed E-state index contributed by atoms with van der Waals surface area (Å²) in [5.74, 6) is -1.29. The molecular formula is C36H45F3N2O2Si. The van der Waals surface area contributed by atoms with Gasteiger partial charge < -0.3 is 9.16 Å². The lowest BCUT2D eigenvalue weighted by atomic mass is 9.84. The first-order valence-electron chi connectivity index (χ1n) is 15.5. The van der Waals surface area contributed by atoms with Crippen molar-refractivity contribution in [1.29, 1.82) is 0 Å². The number of hydrogen-bond donors (Lipinski definition) is 0. The summed E-state index contributed by atoms with van der Waals surface area (Å²) in [5.41, 5.74) is 4.36. The van der Waals surface area contributed by atoms with E-state index in [1.165, 1.54) is 26.0 Å². The number of pyridine rings is 1. The Morgan fingerprint density at radius 2 is 1.66 bits per heavy atom. The molecule has 2 aliphatic rings.